The van der Waals surface area contributed by atoms with E-state index in [4.69, 9.17) is 14.6 Å². The number of likely N-dealkylation sites (tertiary alicyclic amines) is 1. The molecule has 160 valence electrons. The van der Waals surface area contributed by atoms with Crippen molar-refractivity contribution in [1.82, 2.24) is 14.8 Å². The van der Waals surface area contributed by atoms with Crippen LogP contribution in [0.1, 0.15) is 34.1 Å². The van der Waals surface area contributed by atoms with Crippen LogP contribution >= 0.6 is 0 Å². The Labute approximate surface area is 176 Å². The molecule has 2 heterocycles. The zero-order chi connectivity index (χ0) is 22.1. The number of carbonyl (C=O) groups is 3. The first-order valence-electron chi connectivity index (χ1n) is 9.68. The Hall–Kier alpha value is -3.26. The first-order chi connectivity index (χ1) is 14.4. The molecule has 1 aromatic carbocycles. The number of hydrogen-bond donors (Lipinski definition) is 1. The molecule has 8 nitrogen and oxygen atoms in total. The molecular weight excluding hydrogens is 386 g/mol. The van der Waals surface area contributed by atoms with E-state index in [1.807, 2.05) is 36.2 Å². The number of pyridine rings is 1. The Balaban J connectivity index is 0.00000101. The first-order valence-corrected chi connectivity index (χ1v) is 9.68. The zero-order valence-electron chi connectivity index (χ0n) is 17.4. The van der Waals surface area contributed by atoms with Crippen molar-refractivity contribution in [2.24, 2.45) is 0 Å². The maximum absolute atomic E-state index is 12.9. The highest BCUT2D eigenvalue weighted by atomic mass is 16.5. The van der Waals surface area contributed by atoms with E-state index in [1.165, 1.54) is 6.20 Å². The van der Waals surface area contributed by atoms with Crippen LogP contribution in [0.15, 0.2) is 42.6 Å². The summed E-state index contributed by atoms with van der Waals surface area (Å²) in [5.74, 6) is -0.371. The smallest absolute Gasteiger partial charge is 0.339 e. The molecule has 1 fully saturated rings. The molecule has 1 unspecified atom stereocenters. The van der Waals surface area contributed by atoms with E-state index >= 15 is 0 Å². The van der Waals surface area contributed by atoms with E-state index in [1.54, 1.807) is 19.1 Å². The summed E-state index contributed by atoms with van der Waals surface area (Å²) >= 11 is 0. The molecule has 0 spiro atoms. The van der Waals surface area contributed by atoms with Crippen molar-refractivity contribution in [2.45, 2.75) is 19.4 Å². The Morgan fingerprint density at radius 3 is 2.60 bits per heavy atom. The average Bonchev–Trinajstić information content (AvgIpc) is 3.20. The van der Waals surface area contributed by atoms with E-state index in [-0.39, 0.29) is 24.4 Å². The number of aromatic nitrogens is 1. The third-order valence-electron chi connectivity index (χ3n) is 4.91. The van der Waals surface area contributed by atoms with Crippen molar-refractivity contribution in [3.63, 3.8) is 0 Å². The fourth-order valence-electron chi connectivity index (χ4n) is 3.31. The molecule has 30 heavy (non-hydrogen) atoms. The van der Waals surface area contributed by atoms with Gasteiger partial charge in [-0.2, -0.15) is 0 Å². The van der Waals surface area contributed by atoms with E-state index in [2.05, 4.69) is 16.9 Å². The summed E-state index contributed by atoms with van der Waals surface area (Å²) in [4.78, 5) is 41.4. The van der Waals surface area contributed by atoms with Crippen molar-refractivity contribution < 1.29 is 24.2 Å². The molecule has 1 aliphatic heterocycles. The monoisotopic (exact) mass is 413 g/mol. The van der Waals surface area contributed by atoms with E-state index in [9.17, 15) is 9.59 Å². The minimum Gasteiger partial charge on any atom is -0.483 e. The van der Waals surface area contributed by atoms with Crippen molar-refractivity contribution in [2.75, 3.05) is 33.8 Å². The topological polar surface area (TPSA) is 100 Å². The van der Waals surface area contributed by atoms with Gasteiger partial charge >= 0.3 is 5.97 Å². The summed E-state index contributed by atoms with van der Waals surface area (Å²) in [7, 11) is 3.94. The Morgan fingerprint density at radius 1 is 1.30 bits per heavy atom. The summed E-state index contributed by atoms with van der Waals surface area (Å²) in [6.45, 7) is 3.76. The second-order valence-corrected chi connectivity index (χ2v) is 6.96. The molecule has 2 aromatic rings. The number of benzene rings is 1. The van der Waals surface area contributed by atoms with E-state index < -0.39 is 0 Å². The van der Waals surface area contributed by atoms with Crippen molar-refractivity contribution in [3.8, 4) is 11.3 Å². The highest BCUT2D eigenvalue weighted by Gasteiger charge is 2.27. The number of hydrogen-bond acceptors (Lipinski definition) is 6. The van der Waals surface area contributed by atoms with Crippen LogP contribution in [0.4, 0.5) is 0 Å². The Bertz CT molecular complexity index is 869. The molecule has 0 bridgehead atoms. The second-order valence-electron chi connectivity index (χ2n) is 6.96. The lowest BCUT2D eigenvalue weighted by Gasteiger charge is -2.24. The number of nitrogens with zero attached hydrogens (tertiary/aromatic N) is 3. The summed E-state index contributed by atoms with van der Waals surface area (Å²) in [6.07, 6.45) is 2.50. The lowest BCUT2D eigenvalue weighted by atomic mass is 10.1. The maximum Gasteiger partial charge on any atom is 0.339 e. The molecular formula is C22H27N3O5. The number of amides is 1. The molecule has 1 amide bonds. The van der Waals surface area contributed by atoms with Gasteiger partial charge < -0.3 is 19.6 Å². The van der Waals surface area contributed by atoms with Crippen molar-refractivity contribution in [1.29, 1.82) is 0 Å². The van der Waals surface area contributed by atoms with E-state index in [0.29, 0.717) is 23.4 Å². The molecule has 1 N–H and O–H groups in total. The quantitative estimate of drug-likeness (QED) is 0.593. The largest absolute Gasteiger partial charge is 0.483 e. The SMILES string of the molecule is CCOC(=O)c1ccc(-c2cccc(C(=O)N(C)C3CCN(C)C3)c2)nc1.O=CO. The lowest BCUT2D eigenvalue weighted by molar-refractivity contribution is -0.122. The number of esters is 1. The minimum absolute atomic E-state index is 0.0142. The van der Waals surface area contributed by atoms with Gasteiger partial charge in [-0.15, -0.1) is 0 Å². The molecule has 1 aliphatic rings. The van der Waals surface area contributed by atoms with Gasteiger partial charge in [0.2, 0.25) is 0 Å². The summed E-state index contributed by atoms with van der Waals surface area (Å²) < 4.78 is 4.97. The lowest BCUT2D eigenvalue weighted by Crippen LogP contribution is -2.38. The van der Waals surface area contributed by atoms with Crippen LogP contribution in [0.5, 0.6) is 0 Å². The van der Waals surface area contributed by atoms with Crippen LogP contribution in [0.25, 0.3) is 11.3 Å². The van der Waals surface area contributed by atoms with Gasteiger partial charge in [-0.05, 0) is 51.2 Å². The highest BCUT2D eigenvalue weighted by Crippen LogP contribution is 2.21. The Kier molecular flexibility index (Phi) is 8.49. The van der Waals surface area contributed by atoms with Gasteiger partial charge in [0.15, 0.2) is 0 Å². The Morgan fingerprint density at radius 2 is 2.03 bits per heavy atom. The number of carboxylic acid groups (broad SMARTS) is 1. The third-order valence-corrected chi connectivity index (χ3v) is 4.91. The average molecular weight is 413 g/mol. The minimum atomic E-state index is -0.386. The summed E-state index contributed by atoms with van der Waals surface area (Å²) in [6, 6.07) is 11.1. The van der Waals surface area contributed by atoms with Gasteiger partial charge in [-0.25, -0.2) is 4.79 Å². The maximum atomic E-state index is 12.9. The van der Waals surface area contributed by atoms with Crippen molar-refractivity contribution >= 4 is 18.3 Å². The standard InChI is InChI=1S/C21H25N3O3.CH2O2/c1-4-27-21(26)17-8-9-19(22-13-17)15-6-5-7-16(12-15)20(25)24(3)18-10-11-23(2)14-18;2-1-3/h5-9,12-13,18H,4,10-11,14H2,1-3H3;1H,(H,2,3). The van der Waals surface area contributed by atoms with Crippen LogP contribution in [0.3, 0.4) is 0 Å². The molecule has 0 radical (unpaired) electrons. The summed E-state index contributed by atoms with van der Waals surface area (Å²) in [5.41, 5.74) is 2.60. The van der Waals surface area contributed by atoms with Gasteiger partial charge in [0.25, 0.3) is 12.4 Å². The number of likely N-dealkylation sites (N-methyl/N-ethyl adjacent to an activating group) is 2. The second kappa shape index (κ2) is 11.1. The van der Waals surface area contributed by atoms with Gasteiger partial charge in [-0.3, -0.25) is 14.6 Å². The van der Waals surface area contributed by atoms with Crippen LogP contribution in [0.2, 0.25) is 0 Å². The van der Waals surface area contributed by atoms with E-state index in [0.717, 1.165) is 25.1 Å². The molecule has 1 aromatic heterocycles. The molecule has 1 saturated heterocycles. The van der Waals surface area contributed by atoms with Gasteiger partial charge in [-0.1, -0.05) is 12.1 Å². The van der Waals surface area contributed by atoms with Crippen LogP contribution in [0, 0.1) is 0 Å². The summed E-state index contributed by atoms with van der Waals surface area (Å²) in [5, 5.41) is 6.89. The molecule has 1 atom stereocenters. The normalized spacial score (nSPS) is 15.6. The zero-order valence-corrected chi connectivity index (χ0v) is 17.4. The fraction of sp³-hybridized carbons (Fsp3) is 0.364. The van der Waals surface area contributed by atoms with Gasteiger partial charge in [0.05, 0.1) is 17.9 Å². The highest BCUT2D eigenvalue weighted by molar-refractivity contribution is 5.95. The van der Waals surface area contributed by atoms with Crippen LogP contribution < -0.4 is 0 Å². The molecule has 0 aliphatic carbocycles. The number of carbonyl (C=O) groups excluding carboxylic acids is 2. The number of ether oxygens (including phenoxy) is 1. The van der Waals surface area contributed by atoms with Gasteiger partial charge in [0.1, 0.15) is 0 Å². The number of rotatable bonds is 5. The van der Waals surface area contributed by atoms with Gasteiger partial charge in [0, 0.05) is 37.0 Å². The van der Waals surface area contributed by atoms with Crippen LogP contribution in [-0.2, 0) is 9.53 Å². The first kappa shape index (κ1) is 23.0. The fourth-order valence-corrected chi connectivity index (χ4v) is 3.31. The molecule has 3 rings (SSSR count). The predicted octanol–water partition coefficient (Wildman–Crippen LogP) is 2.40. The van der Waals surface area contributed by atoms with Crippen LogP contribution in [-0.4, -0.2) is 78.1 Å². The van der Waals surface area contributed by atoms with Crippen molar-refractivity contribution in [3.05, 3.63) is 53.7 Å². The third kappa shape index (κ3) is 5.87. The molecule has 0 saturated carbocycles. The predicted molar refractivity (Wildman–Crippen MR) is 112 cm³/mol. The molecule has 8 heteroatoms.